The molecular weight excluding hydrogens is 355 g/mol. The molecule has 0 aromatic heterocycles. The maximum absolute atomic E-state index is 8.60. The van der Waals surface area contributed by atoms with Crippen LogP contribution in [0.3, 0.4) is 0 Å². The first-order valence-electron chi connectivity index (χ1n) is 8.21. The van der Waals surface area contributed by atoms with Crippen LogP contribution in [-0.2, 0) is 6.42 Å². The monoisotopic (exact) mass is 374 g/mol. The van der Waals surface area contributed by atoms with Crippen molar-refractivity contribution >= 4 is 34.7 Å². The number of nitrogens with one attached hydrogen (secondary N) is 3. The Hall–Kier alpha value is -1.88. The van der Waals surface area contributed by atoms with E-state index < -0.39 is 0 Å². The van der Waals surface area contributed by atoms with E-state index in [9.17, 15) is 0 Å². The number of halogens is 2. The van der Waals surface area contributed by atoms with Crippen LogP contribution in [0, 0.1) is 10.8 Å². The quantitative estimate of drug-likeness (QED) is 0.562. The maximum Gasteiger partial charge on any atom is 0.128 e. The molecule has 1 heterocycles. The van der Waals surface area contributed by atoms with Crippen molar-refractivity contribution in [1.29, 1.82) is 10.8 Å². The Morgan fingerprint density at radius 3 is 2.20 bits per heavy atom. The van der Waals surface area contributed by atoms with Crippen molar-refractivity contribution in [3.8, 4) is 0 Å². The van der Waals surface area contributed by atoms with Gasteiger partial charge in [0.2, 0.25) is 0 Å². The summed E-state index contributed by atoms with van der Waals surface area (Å²) in [4.78, 5) is 2.01. The summed E-state index contributed by atoms with van der Waals surface area (Å²) in [5.74, 6) is 0.396. The molecule has 1 fully saturated rings. The second kappa shape index (κ2) is 8.00. The van der Waals surface area contributed by atoms with Gasteiger partial charge < -0.3 is 15.6 Å². The molecule has 0 bridgehead atoms. The summed E-state index contributed by atoms with van der Waals surface area (Å²) in [7, 11) is 0. The Balaban J connectivity index is 1.93. The molecule has 1 aliphatic heterocycles. The molecular formula is C19H20Cl2N4. The van der Waals surface area contributed by atoms with Crippen LogP contribution in [0.15, 0.2) is 42.5 Å². The second-order valence-corrected chi connectivity index (χ2v) is 6.85. The molecule has 0 saturated carbocycles. The van der Waals surface area contributed by atoms with Crippen LogP contribution in [0.25, 0.3) is 0 Å². The molecule has 3 rings (SSSR count). The summed E-state index contributed by atoms with van der Waals surface area (Å²) in [5.41, 5.74) is 2.82. The normalized spacial score (nSPS) is 14.4. The predicted octanol–water partition coefficient (Wildman–Crippen LogP) is 3.83. The lowest BCUT2D eigenvalue weighted by atomic mass is 9.96. The fraction of sp³-hybridized carbons (Fsp3) is 0.263. The van der Waals surface area contributed by atoms with Crippen LogP contribution in [0.1, 0.15) is 16.7 Å². The molecule has 2 aromatic carbocycles. The fourth-order valence-corrected chi connectivity index (χ4v) is 3.27. The fourth-order valence-electron chi connectivity index (χ4n) is 2.95. The standard InChI is InChI=1S/C19H20Cl2N4/c20-16-11-14(18(22)10-13-4-2-1-3-5-13)15(12-17(16)21)19(23)25-8-6-24-7-9-25/h1-5,11-12,22-24H,6-10H2. The van der Waals surface area contributed by atoms with Gasteiger partial charge in [-0.15, -0.1) is 0 Å². The first-order chi connectivity index (χ1) is 12.1. The van der Waals surface area contributed by atoms with Crippen LogP contribution in [0.5, 0.6) is 0 Å². The molecule has 2 aromatic rings. The first-order valence-corrected chi connectivity index (χ1v) is 8.97. The van der Waals surface area contributed by atoms with Gasteiger partial charge in [-0.3, -0.25) is 5.41 Å². The molecule has 3 N–H and O–H groups in total. The van der Waals surface area contributed by atoms with E-state index in [1.165, 1.54) is 0 Å². The van der Waals surface area contributed by atoms with Gasteiger partial charge in [0.05, 0.1) is 10.0 Å². The van der Waals surface area contributed by atoms with Crippen LogP contribution >= 0.6 is 23.2 Å². The van der Waals surface area contributed by atoms with Crippen molar-refractivity contribution in [3.05, 3.63) is 69.2 Å². The Kier molecular flexibility index (Phi) is 5.74. The number of amidine groups is 1. The third kappa shape index (κ3) is 4.21. The zero-order chi connectivity index (χ0) is 17.8. The second-order valence-electron chi connectivity index (χ2n) is 6.04. The van der Waals surface area contributed by atoms with Crippen LogP contribution in [-0.4, -0.2) is 42.6 Å². The highest BCUT2D eigenvalue weighted by molar-refractivity contribution is 6.42. The van der Waals surface area contributed by atoms with Gasteiger partial charge in [0.15, 0.2) is 0 Å². The topological polar surface area (TPSA) is 63.0 Å². The van der Waals surface area contributed by atoms with Crippen LogP contribution in [0.2, 0.25) is 10.0 Å². The summed E-state index contributed by atoms with van der Waals surface area (Å²) >= 11 is 12.4. The molecule has 0 unspecified atom stereocenters. The molecule has 4 nitrogen and oxygen atoms in total. The van der Waals surface area contributed by atoms with Gasteiger partial charge in [0.25, 0.3) is 0 Å². The Bertz CT molecular complexity index is 784. The van der Waals surface area contributed by atoms with Crippen molar-refractivity contribution in [2.75, 3.05) is 26.2 Å². The molecule has 130 valence electrons. The molecule has 1 saturated heterocycles. The van der Waals surface area contributed by atoms with E-state index in [-0.39, 0.29) is 0 Å². The molecule has 0 atom stereocenters. The molecule has 0 spiro atoms. The Morgan fingerprint density at radius 1 is 0.960 bits per heavy atom. The minimum absolute atomic E-state index is 0.396. The van der Waals surface area contributed by atoms with Gasteiger partial charge in [-0.05, 0) is 17.7 Å². The van der Waals surface area contributed by atoms with Crippen molar-refractivity contribution in [3.63, 3.8) is 0 Å². The molecule has 1 aliphatic rings. The Morgan fingerprint density at radius 2 is 1.56 bits per heavy atom. The molecule has 0 amide bonds. The van der Waals surface area contributed by atoms with Gasteiger partial charge in [-0.25, -0.2) is 0 Å². The smallest absolute Gasteiger partial charge is 0.128 e. The summed E-state index contributed by atoms with van der Waals surface area (Å²) in [6.45, 7) is 3.23. The van der Waals surface area contributed by atoms with Gasteiger partial charge in [0.1, 0.15) is 5.84 Å². The number of piperazine rings is 1. The van der Waals surface area contributed by atoms with Gasteiger partial charge in [-0.2, -0.15) is 0 Å². The van der Waals surface area contributed by atoms with E-state index in [0.717, 1.165) is 31.7 Å². The Labute approximate surface area is 157 Å². The number of hydrogen-bond acceptors (Lipinski definition) is 3. The number of hydrogen-bond donors (Lipinski definition) is 3. The molecule has 6 heteroatoms. The largest absolute Gasteiger partial charge is 0.354 e. The minimum Gasteiger partial charge on any atom is -0.354 e. The van der Waals surface area contributed by atoms with Gasteiger partial charge in [0, 0.05) is 49.4 Å². The number of benzene rings is 2. The first kappa shape index (κ1) is 17.9. The summed E-state index contributed by atoms with van der Waals surface area (Å²) in [5, 5.41) is 21.3. The van der Waals surface area contributed by atoms with Crippen LogP contribution in [0.4, 0.5) is 0 Å². The number of nitrogens with zero attached hydrogens (tertiary/aromatic N) is 1. The third-order valence-corrected chi connectivity index (χ3v) is 5.02. The lowest BCUT2D eigenvalue weighted by Gasteiger charge is -2.30. The SMILES string of the molecule is N=C(Cc1ccccc1)c1cc(Cl)c(Cl)cc1C(=N)N1CCNCC1. The highest BCUT2D eigenvalue weighted by Gasteiger charge is 2.21. The lowest BCUT2D eigenvalue weighted by molar-refractivity contribution is 0.356. The van der Waals surface area contributed by atoms with Crippen LogP contribution < -0.4 is 5.32 Å². The summed E-state index contributed by atoms with van der Waals surface area (Å²) in [6, 6.07) is 13.3. The summed E-state index contributed by atoms with van der Waals surface area (Å²) < 4.78 is 0. The van der Waals surface area contributed by atoms with E-state index in [1.807, 2.05) is 35.2 Å². The average Bonchev–Trinajstić information content (AvgIpc) is 2.64. The lowest BCUT2D eigenvalue weighted by Crippen LogP contribution is -2.46. The van der Waals surface area contributed by atoms with E-state index in [2.05, 4.69) is 5.32 Å². The maximum atomic E-state index is 8.60. The van der Waals surface area contributed by atoms with Crippen molar-refractivity contribution in [1.82, 2.24) is 10.2 Å². The predicted molar refractivity (Wildman–Crippen MR) is 105 cm³/mol. The molecule has 0 aliphatic carbocycles. The average molecular weight is 375 g/mol. The molecule has 0 radical (unpaired) electrons. The van der Waals surface area contributed by atoms with Crippen molar-refractivity contribution in [2.45, 2.75) is 6.42 Å². The van der Waals surface area contributed by atoms with E-state index in [1.54, 1.807) is 12.1 Å². The van der Waals surface area contributed by atoms with E-state index >= 15 is 0 Å². The zero-order valence-electron chi connectivity index (χ0n) is 13.8. The molecule has 25 heavy (non-hydrogen) atoms. The van der Waals surface area contributed by atoms with Crippen molar-refractivity contribution in [2.24, 2.45) is 0 Å². The van der Waals surface area contributed by atoms with Gasteiger partial charge >= 0.3 is 0 Å². The van der Waals surface area contributed by atoms with E-state index in [0.29, 0.717) is 39.1 Å². The third-order valence-electron chi connectivity index (χ3n) is 4.30. The van der Waals surface area contributed by atoms with E-state index in [4.69, 9.17) is 34.0 Å². The number of rotatable bonds is 4. The van der Waals surface area contributed by atoms with Crippen molar-refractivity contribution < 1.29 is 0 Å². The summed E-state index contributed by atoms with van der Waals surface area (Å²) in [6.07, 6.45) is 0.487. The highest BCUT2D eigenvalue weighted by Crippen LogP contribution is 2.28. The zero-order valence-corrected chi connectivity index (χ0v) is 15.3. The minimum atomic E-state index is 0.396. The van der Waals surface area contributed by atoms with Gasteiger partial charge in [-0.1, -0.05) is 53.5 Å². The highest BCUT2D eigenvalue weighted by atomic mass is 35.5.